The Bertz CT molecular complexity index is 1690. The zero-order chi connectivity index (χ0) is 37.9. The third-order valence-electron chi connectivity index (χ3n) is 7.76. The molecule has 0 radical (unpaired) electrons. The van der Waals surface area contributed by atoms with Gasteiger partial charge < -0.3 is 30.6 Å². The second kappa shape index (κ2) is 18.6. The minimum absolute atomic E-state index is 0.00180. The lowest BCUT2D eigenvalue weighted by molar-refractivity contribution is -0.132. The van der Waals surface area contributed by atoms with Gasteiger partial charge in [-0.05, 0) is 70.2 Å². The maximum absolute atomic E-state index is 14.2. The normalized spacial score (nSPS) is 14.7. The molecule has 15 heteroatoms. The molecule has 0 aliphatic heterocycles. The van der Waals surface area contributed by atoms with Crippen molar-refractivity contribution in [3.05, 3.63) is 81.8 Å². The molecular formula is C36H52N6O7S2. The van der Waals surface area contributed by atoms with E-state index in [2.05, 4.69) is 20.8 Å². The zero-order valence-electron chi connectivity index (χ0n) is 30.6. The molecule has 0 fully saturated rings. The van der Waals surface area contributed by atoms with E-state index in [0.717, 1.165) is 16.3 Å². The fourth-order valence-corrected chi connectivity index (χ4v) is 7.67. The van der Waals surface area contributed by atoms with E-state index < -0.39 is 51.9 Å². The molecule has 1 heterocycles. The van der Waals surface area contributed by atoms with Crippen LogP contribution in [0.3, 0.4) is 0 Å². The number of aryl methyl sites for hydroxylation is 1. The first-order valence-corrected chi connectivity index (χ1v) is 19.1. The molecule has 3 rings (SSSR count). The van der Waals surface area contributed by atoms with Crippen LogP contribution in [0.2, 0.25) is 0 Å². The van der Waals surface area contributed by atoms with E-state index in [1.54, 1.807) is 14.0 Å². The molecule has 0 spiro atoms. The van der Waals surface area contributed by atoms with Gasteiger partial charge >= 0.3 is 6.03 Å². The van der Waals surface area contributed by atoms with Gasteiger partial charge in [0.05, 0.1) is 52.2 Å². The molecule has 0 saturated carbocycles. The molecule has 3 amide bonds. The van der Waals surface area contributed by atoms with Crippen LogP contribution in [0.15, 0.2) is 70.0 Å². The van der Waals surface area contributed by atoms with Gasteiger partial charge in [-0.2, -0.15) is 4.31 Å². The highest BCUT2D eigenvalue weighted by Gasteiger charge is 2.36. The van der Waals surface area contributed by atoms with Gasteiger partial charge in [-0.15, -0.1) is 11.3 Å². The number of carbonyl (C=O) groups is 2. The molecule has 2 unspecified atom stereocenters. The van der Waals surface area contributed by atoms with E-state index >= 15 is 0 Å². The smallest absolute Gasteiger partial charge is 0.318 e. The van der Waals surface area contributed by atoms with Crippen molar-refractivity contribution in [3.63, 3.8) is 0 Å². The van der Waals surface area contributed by atoms with Gasteiger partial charge in [0.1, 0.15) is 6.04 Å². The number of aliphatic hydroxyl groups is 1. The minimum Gasteiger partial charge on any atom is -0.411 e. The molecule has 51 heavy (non-hydrogen) atoms. The second-order valence-corrected chi connectivity index (χ2v) is 17.0. The number of thiazole rings is 1. The van der Waals surface area contributed by atoms with Crippen LogP contribution in [-0.4, -0.2) is 101 Å². The molecule has 0 aliphatic carbocycles. The second-order valence-electron chi connectivity index (χ2n) is 14.0. The number of benzene rings is 2. The van der Waals surface area contributed by atoms with Crippen molar-refractivity contribution < 1.29 is 33.1 Å². The number of hydrogen-bond acceptors (Lipinski definition) is 10. The van der Waals surface area contributed by atoms with Crippen molar-refractivity contribution in [2.45, 2.75) is 96.2 Å². The van der Waals surface area contributed by atoms with Crippen LogP contribution >= 0.6 is 11.3 Å². The molecule has 1 aromatic heterocycles. The van der Waals surface area contributed by atoms with Gasteiger partial charge in [0.25, 0.3) is 0 Å². The largest absolute Gasteiger partial charge is 0.411 e. The zero-order valence-corrected chi connectivity index (χ0v) is 32.2. The maximum Gasteiger partial charge on any atom is 0.318 e. The average Bonchev–Trinajstić information content (AvgIpc) is 3.46. The van der Waals surface area contributed by atoms with Crippen LogP contribution < -0.4 is 10.6 Å². The Morgan fingerprint density at radius 2 is 1.69 bits per heavy atom. The summed E-state index contributed by atoms with van der Waals surface area (Å²) in [7, 11) is -2.49. The Hall–Kier alpha value is -3.89. The van der Waals surface area contributed by atoms with Gasteiger partial charge in [0.2, 0.25) is 15.9 Å². The lowest BCUT2D eigenvalue weighted by atomic mass is 9.99. The molecule has 0 bridgehead atoms. The van der Waals surface area contributed by atoms with Gasteiger partial charge in [0, 0.05) is 25.5 Å². The third kappa shape index (κ3) is 13.0. The monoisotopic (exact) mass is 744 g/mol. The van der Waals surface area contributed by atoms with Crippen molar-refractivity contribution in [3.8, 4) is 0 Å². The summed E-state index contributed by atoms with van der Waals surface area (Å²) in [5.41, 5.74) is 1.38. The SMILES string of the molecule is Cc1nc(CN(C)C(=O)NC(C(=O)N[C@@H](Cc2ccccc2)[C@H](O)CN(CC(C)C)S(=O)(=O)c2ccc(/C=N/O)cc2)C(C)OC(C)(C)C)cs1. The van der Waals surface area contributed by atoms with Gasteiger partial charge in [-0.25, -0.2) is 18.2 Å². The predicted molar refractivity (Wildman–Crippen MR) is 198 cm³/mol. The number of nitrogens with one attached hydrogen (secondary N) is 2. The third-order valence-corrected chi connectivity index (χ3v) is 10.4. The quantitative estimate of drug-likeness (QED) is 0.0894. The topological polar surface area (TPSA) is 174 Å². The Kier molecular flexibility index (Phi) is 15.1. The fourth-order valence-electron chi connectivity index (χ4n) is 5.44. The number of rotatable bonds is 17. The maximum atomic E-state index is 14.2. The van der Waals surface area contributed by atoms with Crippen LogP contribution in [-0.2, 0) is 32.5 Å². The number of sulfonamides is 1. The first-order chi connectivity index (χ1) is 23.9. The number of aromatic nitrogens is 1. The van der Waals surface area contributed by atoms with Crippen molar-refractivity contribution >= 4 is 39.5 Å². The van der Waals surface area contributed by atoms with Gasteiger partial charge in [0.15, 0.2) is 0 Å². The summed E-state index contributed by atoms with van der Waals surface area (Å²) in [6.45, 7) is 12.9. The summed E-state index contributed by atoms with van der Waals surface area (Å²) in [5, 5.41) is 32.1. The summed E-state index contributed by atoms with van der Waals surface area (Å²) in [5.74, 6) is -0.688. The number of oxime groups is 1. The molecule has 0 saturated heterocycles. The van der Waals surface area contributed by atoms with E-state index in [-0.39, 0.29) is 36.9 Å². The van der Waals surface area contributed by atoms with E-state index in [9.17, 15) is 23.1 Å². The molecular weight excluding hydrogens is 693 g/mol. The fraction of sp³-hybridized carbons (Fsp3) is 0.500. The van der Waals surface area contributed by atoms with Crippen molar-refractivity contribution in [1.29, 1.82) is 0 Å². The van der Waals surface area contributed by atoms with Crippen molar-refractivity contribution in [1.82, 2.24) is 24.8 Å². The van der Waals surface area contributed by atoms with Crippen molar-refractivity contribution in [2.24, 2.45) is 11.1 Å². The van der Waals surface area contributed by atoms with Crippen LogP contribution in [0.5, 0.6) is 0 Å². The Morgan fingerprint density at radius 1 is 1.04 bits per heavy atom. The first-order valence-electron chi connectivity index (χ1n) is 16.8. The van der Waals surface area contributed by atoms with Crippen LogP contribution in [0.25, 0.3) is 0 Å². The van der Waals surface area contributed by atoms with Gasteiger partial charge in [-0.1, -0.05) is 61.5 Å². The van der Waals surface area contributed by atoms with E-state index in [1.807, 2.05) is 77.3 Å². The number of nitrogens with zero attached hydrogens (tertiary/aromatic N) is 4. The number of hydrogen-bond donors (Lipinski definition) is 4. The van der Waals surface area contributed by atoms with Crippen LogP contribution in [0, 0.1) is 12.8 Å². The van der Waals surface area contributed by atoms with E-state index in [0.29, 0.717) is 5.56 Å². The first kappa shape index (κ1) is 41.5. The Labute approximate surface area is 305 Å². The Morgan fingerprint density at radius 3 is 2.24 bits per heavy atom. The summed E-state index contributed by atoms with van der Waals surface area (Å²) >= 11 is 1.48. The number of ether oxygens (including phenoxy) is 1. The molecule has 4 N–H and O–H groups in total. The Balaban J connectivity index is 1.92. The highest BCUT2D eigenvalue weighted by atomic mass is 32.2. The molecule has 2 aromatic carbocycles. The standard InChI is InChI=1S/C36H52N6O7S2/c1-24(2)20-42(51(47,48)30-16-14-28(15-17-30)19-37-46)22-32(43)31(18-27-12-10-9-11-13-27)39-34(44)33(25(3)49-36(5,6)7)40-35(45)41(8)21-29-23-50-26(4)38-29/h9-17,19,23-25,31-33,43,46H,18,20-22H2,1-8H3,(H,39,44)(H,40,45)/b37-19+/t25?,31-,32+,33?/m0/s1. The van der Waals surface area contributed by atoms with Crippen LogP contribution in [0.1, 0.15) is 63.4 Å². The van der Waals surface area contributed by atoms with Crippen molar-refractivity contribution in [2.75, 3.05) is 20.1 Å². The molecule has 280 valence electrons. The average molecular weight is 745 g/mol. The molecule has 3 aromatic rings. The number of aliphatic hydroxyl groups excluding tert-OH is 1. The number of urea groups is 1. The van der Waals surface area contributed by atoms with E-state index in [1.165, 1.54) is 51.0 Å². The summed E-state index contributed by atoms with van der Waals surface area (Å²) < 4.78 is 35.1. The molecule has 13 nitrogen and oxygen atoms in total. The summed E-state index contributed by atoms with van der Waals surface area (Å²) in [4.78, 5) is 33.4. The lowest BCUT2D eigenvalue weighted by Crippen LogP contribution is -2.60. The molecule has 0 aliphatic rings. The lowest BCUT2D eigenvalue weighted by Gasteiger charge is -2.34. The highest BCUT2D eigenvalue weighted by Crippen LogP contribution is 2.21. The molecule has 4 atom stereocenters. The van der Waals surface area contributed by atoms with Crippen LogP contribution in [0.4, 0.5) is 4.79 Å². The number of amides is 3. The number of carbonyl (C=O) groups excluding carboxylic acids is 2. The summed E-state index contributed by atoms with van der Waals surface area (Å²) in [6, 6.07) is 12.4. The van der Waals surface area contributed by atoms with Gasteiger partial charge in [-0.3, -0.25) is 4.79 Å². The predicted octanol–water partition coefficient (Wildman–Crippen LogP) is 4.41. The highest BCUT2D eigenvalue weighted by molar-refractivity contribution is 7.89. The van der Waals surface area contributed by atoms with E-state index in [4.69, 9.17) is 9.94 Å². The minimum atomic E-state index is -4.09. The summed E-state index contributed by atoms with van der Waals surface area (Å²) in [6.07, 6.45) is -0.771.